The van der Waals surface area contributed by atoms with E-state index in [1.807, 2.05) is 20.0 Å². The van der Waals surface area contributed by atoms with Crippen LogP contribution in [0.15, 0.2) is 24.3 Å². The molecule has 0 spiro atoms. The highest BCUT2D eigenvalue weighted by Crippen LogP contribution is 2.19. The van der Waals surface area contributed by atoms with Gasteiger partial charge in [0.25, 0.3) is 0 Å². The van der Waals surface area contributed by atoms with E-state index in [1.54, 1.807) is 4.68 Å². The molecule has 0 amide bonds. The second-order valence-corrected chi connectivity index (χ2v) is 3.99. The van der Waals surface area contributed by atoms with E-state index in [0.29, 0.717) is 12.0 Å². The number of carbonyl (C=O) groups is 1. The van der Waals surface area contributed by atoms with Crippen molar-refractivity contribution in [1.82, 2.24) is 9.78 Å². The summed E-state index contributed by atoms with van der Waals surface area (Å²) in [5.74, 6) is -0.0916. The van der Waals surface area contributed by atoms with Gasteiger partial charge in [-0.15, -0.1) is 0 Å². The zero-order chi connectivity index (χ0) is 13.1. The Bertz CT molecular complexity index is 578. The van der Waals surface area contributed by atoms with Gasteiger partial charge in [-0.05, 0) is 31.2 Å². The molecular weight excluding hydrogens is 235 g/mol. The maximum absolute atomic E-state index is 12.9. The molecule has 0 aliphatic carbocycles. The predicted octanol–water partition coefficient (Wildman–Crippen LogP) is 2.26. The van der Waals surface area contributed by atoms with Crippen LogP contribution >= 0.6 is 0 Å². The Morgan fingerprint density at radius 1 is 1.44 bits per heavy atom. The maximum atomic E-state index is 12.9. The summed E-state index contributed by atoms with van der Waals surface area (Å²) in [6, 6.07) is 5.75. The van der Waals surface area contributed by atoms with Gasteiger partial charge in [-0.3, -0.25) is 9.48 Å². The minimum Gasteiger partial charge on any atom is -0.487 e. The molecule has 0 aliphatic heterocycles. The van der Waals surface area contributed by atoms with Crippen molar-refractivity contribution in [3.63, 3.8) is 0 Å². The van der Waals surface area contributed by atoms with Gasteiger partial charge in [-0.2, -0.15) is 5.10 Å². The number of halogens is 1. The maximum Gasteiger partial charge on any atom is 0.153 e. The third-order valence-corrected chi connectivity index (χ3v) is 2.57. The normalized spacial score (nSPS) is 10.4. The van der Waals surface area contributed by atoms with Crippen LogP contribution in [0.4, 0.5) is 4.39 Å². The third kappa shape index (κ3) is 2.56. The summed E-state index contributed by atoms with van der Waals surface area (Å²) in [5, 5.41) is 4.19. The topological polar surface area (TPSA) is 44.1 Å². The molecule has 0 bridgehead atoms. The molecular formula is C13H13FN2O2. The molecule has 0 unspecified atom stereocenters. The van der Waals surface area contributed by atoms with E-state index in [4.69, 9.17) is 4.74 Å². The Kier molecular flexibility index (Phi) is 3.41. The Morgan fingerprint density at radius 2 is 2.22 bits per heavy atom. The van der Waals surface area contributed by atoms with Crippen molar-refractivity contribution in [3.8, 4) is 5.75 Å². The first-order valence-electron chi connectivity index (χ1n) is 5.47. The summed E-state index contributed by atoms with van der Waals surface area (Å²) >= 11 is 0. The molecule has 1 aromatic heterocycles. The first-order valence-corrected chi connectivity index (χ1v) is 5.47. The Labute approximate surface area is 104 Å². The highest BCUT2D eigenvalue weighted by molar-refractivity contribution is 5.79. The average Bonchev–Trinajstić information content (AvgIpc) is 2.66. The second-order valence-electron chi connectivity index (χ2n) is 3.99. The van der Waals surface area contributed by atoms with E-state index in [1.165, 1.54) is 12.1 Å². The molecule has 4 nitrogen and oxygen atoms in total. The largest absolute Gasteiger partial charge is 0.487 e. The molecule has 1 heterocycles. The van der Waals surface area contributed by atoms with Crippen LogP contribution in [-0.2, 0) is 13.7 Å². The van der Waals surface area contributed by atoms with E-state index < -0.39 is 5.82 Å². The van der Waals surface area contributed by atoms with Crippen LogP contribution in [0.1, 0.15) is 21.7 Å². The summed E-state index contributed by atoms with van der Waals surface area (Å²) in [6.07, 6.45) is 0.576. The van der Waals surface area contributed by atoms with Crippen LogP contribution in [0.5, 0.6) is 5.75 Å². The number of aromatic nitrogens is 2. The van der Waals surface area contributed by atoms with E-state index >= 15 is 0 Å². The fourth-order valence-electron chi connectivity index (χ4n) is 1.69. The molecule has 2 aromatic rings. The molecule has 0 N–H and O–H groups in total. The quantitative estimate of drug-likeness (QED) is 0.779. The van der Waals surface area contributed by atoms with Crippen molar-refractivity contribution < 1.29 is 13.9 Å². The fourth-order valence-corrected chi connectivity index (χ4v) is 1.69. The van der Waals surface area contributed by atoms with Crippen LogP contribution in [0.3, 0.4) is 0 Å². The van der Waals surface area contributed by atoms with Crippen LogP contribution in [0.2, 0.25) is 0 Å². The van der Waals surface area contributed by atoms with Crippen LogP contribution in [0, 0.1) is 12.7 Å². The van der Waals surface area contributed by atoms with Crippen LogP contribution < -0.4 is 4.74 Å². The van der Waals surface area contributed by atoms with Gasteiger partial charge in [0, 0.05) is 7.05 Å². The number of aryl methyl sites for hydroxylation is 2. The lowest BCUT2D eigenvalue weighted by atomic mass is 10.2. The molecule has 0 fully saturated rings. The Hall–Kier alpha value is -2.17. The monoisotopic (exact) mass is 248 g/mol. The first-order chi connectivity index (χ1) is 8.60. The third-order valence-electron chi connectivity index (χ3n) is 2.57. The molecule has 18 heavy (non-hydrogen) atoms. The number of aldehydes is 1. The van der Waals surface area contributed by atoms with E-state index in [-0.39, 0.29) is 12.2 Å². The average molecular weight is 248 g/mol. The first kappa shape index (κ1) is 12.3. The number of hydrogen-bond donors (Lipinski definition) is 0. The summed E-state index contributed by atoms with van der Waals surface area (Å²) in [7, 11) is 1.82. The molecule has 1 aromatic carbocycles. The van der Waals surface area contributed by atoms with Gasteiger partial charge in [0.2, 0.25) is 0 Å². The molecule has 0 radical (unpaired) electrons. The van der Waals surface area contributed by atoms with E-state index in [0.717, 1.165) is 17.5 Å². The van der Waals surface area contributed by atoms with Gasteiger partial charge in [-0.25, -0.2) is 4.39 Å². The van der Waals surface area contributed by atoms with Gasteiger partial charge < -0.3 is 4.74 Å². The molecule has 0 saturated carbocycles. The van der Waals surface area contributed by atoms with Gasteiger partial charge in [0.15, 0.2) is 6.29 Å². The lowest BCUT2D eigenvalue weighted by Crippen LogP contribution is -2.04. The van der Waals surface area contributed by atoms with E-state index in [2.05, 4.69) is 5.10 Å². The van der Waals surface area contributed by atoms with Crippen LogP contribution in [-0.4, -0.2) is 16.1 Å². The zero-order valence-corrected chi connectivity index (χ0v) is 10.2. The molecule has 0 saturated heterocycles. The van der Waals surface area contributed by atoms with Crippen molar-refractivity contribution in [1.29, 1.82) is 0 Å². The van der Waals surface area contributed by atoms with Gasteiger partial charge in [-0.1, -0.05) is 0 Å². The van der Waals surface area contributed by atoms with Crippen molar-refractivity contribution >= 4 is 6.29 Å². The molecule has 5 heteroatoms. The van der Waals surface area contributed by atoms with Crippen molar-refractivity contribution in [2.75, 3.05) is 0 Å². The Balaban J connectivity index is 2.15. The molecule has 94 valence electrons. The van der Waals surface area contributed by atoms with E-state index in [9.17, 15) is 9.18 Å². The smallest absolute Gasteiger partial charge is 0.153 e. The standard InChI is InChI=1S/C13H13FN2O2/c1-9-5-12(16(2)15-9)8-18-13-4-3-11(14)6-10(13)7-17/h3-7H,8H2,1-2H3. The highest BCUT2D eigenvalue weighted by Gasteiger charge is 2.07. The summed E-state index contributed by atoms with van der Waals surface area (Å²) in [5.41, 5.74) is 1.98. The minimum atomic E-state index is -0.458. The van der Waals surface area contributed by atoms with Gasteiger partial charge in [0.05, 0.1) is 17.0 Å². The number of nitrogens with zero attached hydrogens (tertiary/aromatic N) is 2. The number of ether oxygens (including phenoxy) is 1. The molecule has 0 aliphatic rings. The SMILES string of the molecule is Cc1cc(COc2ccc(F)cc2C=O)n(C)n1. The fraction of sp³-hybridized carbons (Fsp3) is 0.231. The van der Waals surface area contributed by atoms with Crippen molar-refractivity contribution in [2.24, 2.45) is 7.05 Å². The number of rotatable bonds is 4. The number of carbonyl (C=O) groups excluding carboxylic acids is 1. The lowest BCUT2D eigenvalue weighted by Gasteiger charge is -2.08. The van der Waals surface area contributed by atoms with Crippen molar-refractivity contribution in [2.45, 2.75) is 13.5 Å². The highest BCUT2D eigenvalue weighted by atomic mass is 19.1. The number of hydrogen-bond acceptors (Lipinski definition) is 3. The zero-order valence-electron chi connectivity index (χ0n) is 10.2. The summed E-state index contributed by atoms with van der Waals surface area (Å²) < 4.78 is 20.1. The molecule has 0 atom stereocenters. The van der Waals surface area contributed by atoms with Crippen LogP contribution in [0.25, 0.3) is 0 Å². The van der Waals surface area contributed by atoms with Crippen molar-refractivity contribution in [3.05, 3.63) is 47.0 Å². The number of benzene rings is 1. The lowest BCUT2D eigenvalue weighted by molar-refractivity contribution is 0.111. The van der Waals surface area contributed by atoms with Gasteiger partial charge in [0.1, 0.15) is 18.2 Å². The summed E-state index contributed by atoms with van der Waals surface area (Å²) in [4.78, 5) is 10.8. The predicted molar refractivity (Wildman–Crippen MR) is 64.1 cm³/mol. The summed E-state index contributed by atoms with van der Waals surface area (Å²) in [6.45, 7) is 2.17. The second kappa shape index (κ2) is 5.00. The molecule has 2 rings (SSSR count). The Morgan fingerprint density at radius 3 is 2.83 bits per heavy atom. The van der Waals surface area contributed by atoms with Gasteiger partial charge >= 0.3 is 0 Å². The minimum absolute atomic E-state index is 0.203.